The SMILES string of the molecule is COC(=O)c1cccc(NC(=O)Nc2cccc(C(C)=O)c2)c1CN1CCC(Cc2ccc(F)cc2)CC1.Cl. The third-order valence-corrected chi connectivity index (χ3v) is 6.88. The van der Waals surface area contributed by atoms with E-state index in [2.05, 4.69) is 15.5 Å². The van der Waals surface area contributed by atoms with Gasteiger partial charge >= 0.3 is 12.0 Å². The number of carbonyl (C=O) groups is 3. The van der Waals surface area contributed by atoms with Gasteiger partial charge in [0, 0.05) is 29.0 Å². The van der Waals surface area contributed by atoms with E-state index in [-0.39, 0.29) is 24.0 Å². The zero-order valence-corrected chi connectivity index (χ0v) is 22.9. The van der Waals surface area contributed by atoms with E-state index in [1.807, 2.05) is 12.1 Å². The van der Waals surface area contributed by atoms with E-state index in [1.54, 1.807) is 42.5 Å². The minimum Gasteiger partial charge on any atom is -0.465 e. The summed E-state index contributed by atoms with van der Waals surface area (Å²) in [6.07, 6.45) is 2.87. The molecule has 1 aliphatic rings. The van der Waals surface area contributed by atoms with Gasteiger partial charge in [-0.15, -0.1) is 12.4 Å². The van der Waals surface area contributed by atoms with E-state index in [1.165, 1.54) is 26.2 Å². The smallest absolute Gasteiger partial charge is 0.338 e. The Morgan fingerprint density at radius 3 is 2.33 bits per heavy atom. The molecule has 0 radical (unpaired) electrons. The molecule has 2 N–H and O–H groups in total. The number of ketones is 1. The van der Waals surface area contributed by atoms with Crippen molar-refractivity contribution in [2.24, 2.45) is 5.92 Å². The van der Waals surface area contributed by atoms with Crippen molar-refractivity contribution < 1.29 is 23.5 Å². The van der Waals surface area contributed by atoms with Gasteiger partial charge in [0.2, 0.25) is 0 Å². The summed E-state index contributed by atoms with van der Waals surface area (Å²) in [6, 6.07) is 18.1. The number of hydrogen-bond donors (Lipinski definition) is 2. The van der Waals surface area contributed by atoms with E-state index < -0.39 is 12.0 Å². The minimum atomic E-state index is -0.480. The van der Waals surface area contributed by atoms with Crippen LogP contribution in [0.1, 0.15) is 51.6 Å². The number of Topliss-reactive ketones (excluding diaryl/α,β-unsaturated/α-hetero) is 1. The van der Waals surface area contributed by atoms with E-state index in [9.17, 15) is 18.8 Å². The molecular weight excluding hydrogens is 521 g/mol. The molecule has 1 heterocycles. The first kappa shape index (κ1) is 29.8. The van der Waals surface area contributed by atoms with Crippen LogP contribution in [-0.2, 0) is 17.7 Å². The Balaban J connectivity index is 0.00000420. The van der Waals surface area contributed by atoms with Crippen molar-refractivity contribution >= 4 is 41.6 Å². The Morgan fingerprint density at radius 2 is 1.67 bits per heavy atom. The maximum absolute atomic E-state index is 13.2. The van der Waals surface area contributed by atoms with Crippen molar-refractivity contribution in [2.75, 3.05) is 30.8 Å². The zero-order chi connectivity index (χ0) is 27.1. The van der Waals surface area contributed by atoms with Crippen LogP contribution >= 0.6 is 12.4 Å². The molecule has 1 fully saturated rings. The number of nitrogens with zero attached hydrogens (tertiary/aromatic N) is 1. The fourth-order valence-electron chi connectivity index (χ4n) is 4.80. The molecule has 0 saturated carbocycles. The molecule has 0 unspecified atom stereocenters. The van der Waals surface area contributed by atoms with Crippen LogP contribution in [-0.4, -0.2) is 42.9 Å². The molecule has 3 aromatic rings. The number of carbonyl (C=O) groups excluding carboxylic acids is 3. The van der Waals surface area contributed by atoms with Crippen molar-refractivity contribution in [3.05, 3.63) is 94.8 Å². The largest absolute Gasteiger partial charge is 0.465 e. The molecule has 206 valence electrons. The van der Waals surface area contributed by atoms with Gasteiger partial charge in [0.05, 0.1) is 12.7 Å². The summed E-state index contributed by atoms with van der Waals surface area (Å²) in [5.74, 6) is -0.287. The number of ether oxygens (including phenoxy) is 1. The van der Waals surface area contributed by atoms with Gasteiger partial charge in [0.25, 0.3) is 0 Å². The molecule has 0 atom stereocenters. The molecule has 9 heteroatoms. The third-order valence-electron chi connectivity index (χ3n) is 6.88. The summed E-state index contributed by atoms with van der Waals surface area (Å²) in [4.78, 5) is 39.3. The topological polar surface area (TPSA) is 87.7 Å². The number of nitrogens with one attached hydrogen (secondary N) is 2. The van der Waals surface area contributed by atoms with Crippen LogP contribution < -0.4 is 10.6 Å². The van der Waals surface area contributed by atoms with E-state index >= 15 is 0 Å². The maximum Gasteiger partial charge on any atom is 0.338 e. The molecule has 0 aliphatic carbocycles. The molecular formula is C30H33ClFN3O4. The Kier molecular flexibility index (Phi) is 10.6. The van der Waals surface area contributed by atoms with Crippen LogP contribution in [0.5, 0.6) is 0 Å². The molecule has 7 nitrogen and oxygen atoms in total. The molecule has 1 aliphatic heterocycles. The number of piperidine rings is 1. The Bertz CT molecular complexity index is 1310. The number of rotatable bonds is 8. The van der Waals surface area contributed by atoms with E-state index in [0.717, 1.165) is 37.9 Å². The highest BCUT2D eigenvalue weighted by atomic mass is 35.5. The first-order chi connectivity index (χ1) is 18.3. The molecule has 0 bridgehead atoms. The van der Waals surface area contributed by atoms with Crippen molar-refractivity contribution in [1.29, 1.82) is 0 Å². The number of benzene rings is 3. The summed E-state index contributed by atoms with van der Waals surface area (Å²) in [5, 5.41) is 5.62. The minimum absolute atomic E-state index is 0. The number of hydrogen-bond acceptors (Lipinski definition) is 5. The number of esters is 1. The van der Waals surface area contributed by atoms with Crippen LogP contribution in [0.15, 0.2) is 66.7 Å². The van der Waals surface area contributed by atoms with Crippen molar-refractivity contribution in [3.63, 3.8) is 0 Å². The molecule has 0 spiro atoms. The summed E-state index contributed by atoms with van der Waals surface area (Å²) in [7, 11) is 1.34. The van der Waals surface area contributed by atoms with Gasteiger partial charge in [-0.3, -0.25) is 9.69 Å². The number of halogens is 2. The fraction of sp³-hybridized carbons (Fsp3) is 0.300. The highest BCUT2D eigenvalue weighted by Gasteiger charge is 2.24. The second-order valence-corrected chi connectivity index (χ2v) is 9.59. The van der Waals surface area contributed by atoms with Gasteiger partial charge < -0.3 is 15.4 Å². The van der Waals surface area contributed by atoms with Gasteiger partial charge in [0.1, 0.15) is 5.82 Å². The van der Waals surface area contributed by atoms with E-state index in [4.69, 9.17) is 4.74 Å². The van der Waals surface area contributed by atoms with Crippen molar-refractivity contribution in [2.45, 2.75) is 32.7 Å². The Hall–Kier alpha value is -3.75. The monoisotopic (exact) mass is 553 g/mol. The second-order valence-electron chi connectivity index (χ2n) is 9.59. The molecule has 2 amide bonds. The van der Waals surface area contributed by atoms with Crippen LogP contribution in [0.4, 0.5) is 20.6 Å². The zero-order valence-electron chi connectivity index (χ0n) is 22.0. The summed E-state index contributed by atoms with van der Waals surface area (Å²) in [6.45, 7) is 3.62. The summed E-state index contributed by atoms with van der Waals surface area (Å²) < 4.78 is 18.2. The van der Waals surface area contributed by atoms with Crippen LogP contribution in [0, 0.1) is 11.7 Å². The maximum atomic E-state index is 13.2. The van der Waals surface area contributed by atoms with Gasteiger partial charge in [0.15, 0.2) is 5.78 Å². The highest BCUT2D eigenvalue weighted by molar-refractivity contribution is 6.03. The predicted molar refractivity (Wildman–Crippen MR) is 152 cm³/mol. The molecule has 0 aromatic heterocycles. The first-order valence-electron chi connectivity index (χ1n) is 12.7. The summed E-state index contributed by atoms with van der Waals surface area (Å²) in [5.41, 5.74) is 3.72. The number of amides is 2. The van der Waals surface area contributed by atoms with Crippen molar-refractivity contribution in [3.8, 4) is 0 Å². The lowest BCUT2D eigenvalue weighted by Crippen LogP contribution is -2.34. The molecule has 3 aromatic carbocycles. The number of urea groups is 1. The average molecular weight is 554 g/mol. The van der Waals surface area contributed by atoms with Crippen LogP contribution in [0.25, 0.3) is 0 Å². The number of methoxy groups -OCH3 is 1. The standard InChI is InChI=1S/C30H32FN3O4.ClH/c1-20(35)23-5-3-6-25(18-23)32-30(37)33-28-8-4-7-26(29(36)38-2)27(28)19-34-15-13-22(14-16-34)17-21-9-11-24(31)12-10-21;/h3-12,18,22H,13-17,19H2,1-2H3,(H2,32,33,37);1H. The highest BCUT2D eigenvalue weighted by Crippen LogP contribution is 2.27. The number of anilines is 2. The molecule has 4 rings (SSSR count). The normalized spacial score (nSPS) is 13.7. The first-order valence-corrected chi connectivity index (χ1v) is 12.7. The van der Waals surface area contributed by atoms with Gasteiger partial charge in [-0.25, -0.2) is 14.0 Å². The molecule has 1 saturated heterocycles. The quantitative estimate of drug-likeness (QED) is 0.251. The third kappa shape index (κ3) is 8.12. The predicted octanol–water partition coefficient (Wildman–Crippen LogP) is 6.34. The van der Waals surface area contributed by atoms with Gasteiger partial charge in [-0.2, -0.15) is 0 Å². The molecule has 39 heavy (non-hydrogen) atoms. The lowest BCUT2D eigenvalue weighted by atomic mass is 9.90. The van der Waals surface area contributed by atoms with Crippen molar-refractivity contribution in [1.82, 2.24) is 4.90 Å². The van der Waals surface area contributed by atoms with Gasteiger partial charge in [-0.05, 0) is 87.2 Å². The van der Waals surface area contributed by atoms with Gasteiger partial charge in [-0.1, -0.05) is 30.3 Å². The Morgan fingerprint density at radius 1 is 0.974 bits per heavy atom. The van der Waals surface area contributed by atoms with E-state index in [0.29, 0.717) is 40.5 Å². The second kappa shape index (κ2) is 13.9. The fourth-order valence-corrected chi connectivity index (χ4v) is 4.80. The lowest BCUT2D eigenvalue weighted by Gasteiger charge is -2.33. The number of likely N-dealkylation sites (tertiary alicyclic amines) is 1. The lowest BCUT2D eigenvalue weighted by molar-refractivity contribution is 0.0597. The Labute approximate surface area is 234 Å². The van der Waals surface area contributed by atoms with Crippen LogP contribution in [0.2, 0.25) is 0 Å². The summed E-state index contributed by atoms with van der Waals surface area (Å²) >= 11 is 0. The van der Waals surface area contributed by atoms with Crippen LogP contribution in [0.3, 0.4) is 0 Å². The average Bonchev–Trinajstić information content (AvgIpc) is 2.91.